The van der Waals surface area contributed by atoms with Crippen LogP contribution in [0.5, 0.6) is 0 Å². The molecule has 3 rings (SSSR count). The van der Waals surface area contributed by atoms with E-state index in [9.17, 15) is 9.59 Å². The molecule has 1 aromatic carbocycles. The molecule has 0 bridgehead atoms. The first-order valence-electron chi connectivity index (χ1n) is 6.95. The number of fused-ring (bicyclic) bond motifs is 3. The largest absolute Gasteiger partial charge is 0.351 e. The average molecular weight is 302 g/mol. The van der Waals surface area contributed by atoms with Crippen molar-refractivity contribution in [3.8, 4) is 0 Å². The van der Waals surface area contributed by atoms with Crippen molar-refractivity contribution in [1.82, 2.24) is 10.2 Å². The molecule has 2 heterocycles. The molecule has 1 aromatic rings. The van der Waals surface area contributed by atoms with E-state index in [2.05, 4.69) is 11.9 Å². The Hall–Kier alpha value is -1.75. The van der Waals surface area contributed by atoms with Crippen LogP contribution in [0.2, 0.25) is 0 Å². The van der Waals surface area contributed by atoms with E-state index < -0.39 is 6.04 Å². The van der Waals surface area contributed by atoms with Crippen molar-refractivity contribution in [2.24, 2.45) is 0 Å². The maximum absolute atomic E-state index is 12.7. The Kier molecular flexibility index (Phi) is 3.32. The van der Waals surface area contributed by atoms with Crippen LogP contribution < -0.4 is 5.32 Å². The summed E-state index contributed by atoms with van der Waals surface area (Å²) < 4.78 is -0.320. The number of nitrogens with zero attached hydrogens (tertiary/aromatic N) is 1. The second kappa shape index (κ2) is 4.91. The third-order valence-corrected chi connectivity index (χ3v) is 5.50. The van der Waals surface area contributed by atoms with E-state index in [4.69, 9.17) is 0 Å². The molecule has 110 valence electrons. The van der Waals surface area contributed by atoms with Gasteiger partial charge in [0.1, 0.15) is 11.4 Å². The lowest BCUT2D eigenvalue weighted by Crippen LogP contribution is -2.52. The zero-order valence-corrected chi connectivity index (χ0v) is 12.9. The monoisotopic (exact) mass is 302 g/mol. The minimum atomic E-state index is -0.465. The van der Waals surface area contributed by atoms with E-state index in [1.165, 1.54) is 0 Å². The molecule has 0 saturated carbocycles. The van der Waals surface area contributed by atoms with Gasteiger partial charge in [-0.15, -0.1) is 18.3 Å². The predicted octanol–water partition coefficient (Wildman–Crippen LogP) is 2.34. The van der Waals surface area contributed by atoms with Crippen LogP contribution >= 0.6 is 11.8 Å². The average Bonchev–Trinajstić information content (AvgIpc) is 2.88. The summed E-state index contributed by atoms with van der Waals surface area (Å²) in [5, 5.41) is 2.76. The van der Waals surface area contributed by atoms with Gasteiger partial charge >= 0.3 is 0 Å². The Morgan fingerprint density at radius 1 is 1.48 bits per heavy atom. The van der Waals surface area contributed by atoms with E-state index in [0.29, 0.717) is 12.1 Å². The van der Waals surface area contributed by atoms with Crippen molar-refractivity contribution in [1.29, 1.82) is 0 Å². The Morgan fingerprint density at radius 3 is 2.90 bits per heavy atom. The van der Waals surface area contributed by atoms with Crippen LogP contribution in [0, 0.1) is 0 Å². The number of hydrogen-bond acceptors (Lipinski definition) is 3. The van der Waals surface area contributed by atoms with Gasteiger partial charge in [-0.1, -0.05) is 24.3 Å². The van der Waals surface area contributed by atoms with Gasteiger partial charge < -0.3 is 10.2 Å². The minimum absolute atomic E-state index is 0.0487. The Labute approximate surface area is 128 Å². The summed E-state index contributed by atoms with van der Waals surface area (Å²) >= 11 is 1.67. The van der Waals surface area contributed by atoms with E-state index in [1.807, 2.05) is 38.1 Å². The fraction of sp³-hybridized carbons (Fsp3) is 0.375. The van der Waals surface area contributed by atoms with Crippen LogP contribution in [0.3, 0.4) is 0 Å². The first-order valence-corrected chi connectivity index (χ1v) is 7.83. The minimum Gasteiger partial charge on any atom is -0.351 e. The third kappa shape index (κ3) is 2.07. The summed E-state index contributed by atoms with van der Waals surface area (Å²) in [5.74, 6) is -0.163. The fourth-order valence-electron chi connectivity index (χ4n) is 3.07. The summed E-state index contributed by atoms with van der Waals surface area (Å²) in [6.45, 7) is 8.06. The molecule has 0 aliphatic carbocycles. The molecule has 1 fully saturated rings. The van der Waals surface area contributed by atoms with Gasteiger partial charge in [0.05, 0.1) is 0 Å². The van der Waals surface area contributed by atoms with Crippen LogP contribution in [-0.2, 0) is 4.79 Å². The summed E-state index contributed by atoms with van der Waals surface area (Å²) in [4.78, 5) is 26.9. The maximum Gasteiger partial charge on any atom is 0.256 e. The van der Waals surface area contributed by atoms with E-state index in [1.54, 1.807) is 22.7 Å². The molecule has 2 atom stereocenters. The molecule has 4 nitrogen and oxygen atoms in total. The summed E-state index contributed by atoms with van der Waals surface area (Å²) in [6, 6.07) is 7.15. The van der Waals surface area contributed by atoms with Gasteiger partial charge in [-0.25, -0.2) is 0 Å². The van der Waals surface area contributed by atoms with Crippen molar-refractivity contribution < 1.29 is 9.59 Å². The zero-order chi connectivity index (χ0) is 15.2. The number of hydrogen-bond donors (Lipinski definition) is 1. The predicted molar refractivity (Wildman–Crippen MR) is 84.0 cm³/mol. The van der Waals surface area contributed by atoms with Crippen molar-refractivity contribution in [3.05, 3.63) is 48.0 Å². The van der Waals surface area contributed by atoms with Gasteiger partial charge in [-0.05, 0) is 25.5 Å². The van der Waals surface area contributed by atoms with Crippen LogP contribution in [0.15, 0.2) is 36.9 Å². The fourth-order valence-corrected chi connectivity index (χ4v) is 4.66. The number of rotatable bonds is 3. The van der Waals surface area contributed by atoms with Crippen molar-refractivity contribution >= 4 is 23.6 Å². The van der Waals surface area contributed by atoms with Gasteiger partial charge in [-0.2, -0.15) is 0 Å². The van der Waals surface area contributed by atoms with Crippen LogP contribution in [0.1, 0.15) is 35.1 Å². The summed E-state index contributed by atoms with van der Waals surface area (Å²) in [5.41, 5.74) is 1.73. The highest BCUT2D eigenvalue weighted by Crippen LogP contribution is 2.56. The van der Waals surface area contributed by atoms with Crippen molar-refractivity contribution in [2.75, 3.05) is 6.54 Å². The lowest BCUT2D eigenvalue weighted by Gasteiger charge is -2.29. The maximum atomic E-state index is 12.7. The Bertz CT molecular complexity index is 626. The van der Waals surface area contributed by atoms with Crippen molar-refractivity contribution in [2.45, 2.75) is 30.0 Å². The van der Waals surface area contributed by atoms with Crippen LogP contribution in [0.4, 0.5) is 0 Å². The van der Waals surface area contributed by atoms with Crippen LogP contribution in [-0.4, -0.2) is 34.0 Å². The second-order valence-corrected chi connectivity index (χ2v) is 7.54. The van der Waals surface area contributed by atoms with E-state index >= 15 is 0 Å². The second-order valence-electron chi connectivity index (χ2n) is 5.81. The molecule has 0 aromatic heterocycles. The Balaban J connectivity index is 1.98. The highest BCUT2D eigenvalue weighted by Gasteiger charge is 2.57. The normalized spacial score (nSPS) is 25.4. The standard InChI is InChI=1S/C16H18N2O2S/c1-4-9-17-13(19)12-16(2,3)21-15-11-8-6-5-7-10(11)14(20)18(12)15/h4-8,12,15H,1,9H2,2-3H3,(H,17,19)/t12-,15+/m0/s1. The number of benzene rings is 1. The number of amides is 2. The molecule has 0 unspecified atom stereocenters. The van der Waals surface area contributed by atoms with Gasteiger partial charge in [-0.3, -0.25) is 9.59 Å². The molecule has 1 saturated heterocycles. The first-order chi connectivity index (χ1) is 9.97. The molecule has 5 heteroatoms. The third-order valence-electron chi connectivity index (χ3n) is 3.97. The van der Waals surface area contributed by atoms with E-state index in [-0.39, 0.29) is 21.9 Å². The molecular weight excluding hydrogens is 284 g/mol. The van der Waals surface area contributed by atoms with Gasteiger partial charge in [0.25, 0.3) is 5.91 Å². The highest BCUT2D eigenvalue weighted by molar-refractivity contribution is 8.01. The van der Waals surface area contributed by atoms with Crippen molar-refractivity contribution in [3.63, 3.8) is 0 Å². The topological polar surface area (TPSA) is 49.4 Å². The molecule has 2 amide bonds. The number of carbonyl (C=O) groups is 2. The SMILES string of the molecule is C=CCNC(=O)[C@@H]1N2C(=O)c3ccccc3[C@H]2SC1(C)C. The zero-order valence-electron chi connectivity index (χ0n) is 12.1. The van der Waals surface area contributed by atoms with Gasteiger partial charge in [0.15, 0.2) is 0 Å². The smallest absolute Gasteiger partial charge is 0.256 e. The Morgan fingerprint density at radius 2 is 2.19 bits per heavy atom. The molecule has 2 aliphatic heterocycles. The number of thioether (sulfide) groups is 1. The summed E-state index contributed by atoms with van der Waals surface area (Å²) in [7, 11) is 0. The molecule has 21 heavy (non-hydrogen) atoms. The first kappa shape index (κ1) is 14.2. The molecule has 2 aliphatic rings. The molecular formula is C16H18N2O2S. The quantitative estimate of drug-likeness (QED) is 0.872. The number of nitrogens with one attached hydrogen (secondary N) is 1. The molecule has 1 N–H and O–H groups in total. The van der Waals surface area contributed by atoms with E-state index in [0.717, 1.165) is 5.56 Å². The lowest BCUT2D eigenvalue weighted by molar-refractivity contribution is -0.125. The molecule has 0 radical (unpaired) electrons. The highest BCUT2D eigenvalue weighted by atomic mass is 32.2. The summed E-state index contributed by atoms with van der Waals surface area (Å²) in [6.07, 6.45) is 1.64. The van der Waals surface area contributed by atoms with Crippen LogP contribution in [0.25, 0.3) is 0 Å². The molecule has 0 spiro atoms. The van der Waals surface area contributed by atoms with Gasteiger partial charge in [0, 0.05) is 16.9 Å². The lowest BCUT2D eigenvalue weighted by atomic mass is 10.0. The van der Waals surface area contributed by atoms with Gasteiger partial charge in [0.2, 0.25) is 5.91 Å². The number of carbonyl (C=O) groups excluding carboxylic acids is 2.